The number of para-hydroxylation sites is 1. The van der Waals surface area contributed by atoms with Crippen LogP contribution < -0.4 is 8.85 Å². The molecule has 17 heavy (non-hydrogen) atoms. The van der Waals surface area contributed by atoms with E-state index >= 15 is 0 Å². The third-order valence-corrected chi connectivity index (χ3v) is 3.15. The van der Waals surface area contributed by atoms with Crippen molar-refractivity contribution in [3.63, 3.8) is 0 Å². The van der Waals surface area contributed by atoms with E-state index in [2.05, 4.69) is 56.6 Å². The summed E-state index contributed by atoms with van der Waals surface area (Å²) in [5.41, 5.74) is 3.19. The summed E-state index contributed by atoms with van der Waals surface area (Å²) >= 11 is 2.14. The van der Waals surface area contributed by atoms with Crippen molar-refractivity contribution in [3.05, 3.63) is 30.5 Å². The average molecular weight is 341 g/mol. The maximum Gasteiger partial charge on any atom is 0.0855 e. The summed E-state index contributed by atoms with van der Waals surface area (Å²) in [7, 11) is 0. The van der Waals surface area contributed by atoms with Crippen LogP contribution in [0.25, 0.3) is 10.9 Å². The Bertz CT molecular complexity index is 511. The Morgan fingerprint density at radius 1 is 1.29 bits per heavy atom. The van der Waals surface area contributed by atoms with Crippen molar-refractivity contribution < 1.29 is 0 Å². The van der Waals surface area contributed by atoms with Gasteiger partial charge in [-0.25, -0.2) is 0 Å². The Hall–Kier alpha value is -1.04. The first kappa shape index (κ1) is 12.4. The van der Waals surface area contributed by atoms with E-state index in [1.54, 1.807) is 0 Å². The summed E-state index contributed by atoms with van der Waals surface area (Å²) in [6.45, 7) is 5.36. The first-order chi connectivity index (χ1) is 8.22. The molecule has 1 aromatic heterocycles. The lowest BCUT2D eigenvalue weighted by molar-refractivity contribution is 0.689. The van der Waals surface area contributed by atoms with Crippen LogP contribution in [-0.4, -0.2) is 11.5 Å². The summed E-state index contributed by atoms with van der Waals surface area (Å²) in [6, 6.07) is 8.19. The zero-order chi connectivity index (χ0) is 12.3. The van der Waals surface area contributed by atoms with Crippen LogP contribution in [0.3, 0.4) is 0 Å². The quantitative estimate of drug-likeness (QED) is 0.650. The van der Waals surface area contributed by atoms with Crippen LogP contribution >= 0.6 is 22.9 Å². The van der Waals surface area contributed by atoms with E-state index in [4.69, 9.17) is 0 Å². The van der Waals surface area contributed by atoms with Crippen molar-refractivity contribution in [2.75, 3.05) is 15.4 Å². The number of aromatic nitrogens is 1. The van der Waals surface area contributed by atoms with Crippen molar-refractivity contribution in [1.29, 1.82) is 0 Å². The van der Waals surface area contributed by atoms with Crippen LogP contribution in [0.5, 0.6) is 0 Å². The van der Waals surface area contributed by atoms with Crippen molar-refractivity contribution in [1.82, 2.24) is 4.98 Å². The molecule has 0 radical (unpaired) electrons. The van der Waals surface area contributed by atoms with E-state index in [1.165, 1.54) is 0 Å². The molecule has 0 bridgehead atoms. The molecule has 4 heteroatoms. The van der Waals surface area contributed by atoms with Gasteiger partial charge in [0.1, 0.15) is 0 Å². The minimum atomic E-state index is 0.615. The number of fused-ring (bicyclic) bond motifs is 1. The van der Waals surface area contributed by atoms with Gasteiger partial charge in [0.2, 0.25) is 0 Å². The molecule has 2 rings (SSSR count). The summed E-state index contributed by atoms with van der Waals surface area (Å²) in [5, 5.41) is 4.66. The van der Waals surface area contributed by atoms with Gasteiger partial charge in [0.25, 0.3) is 0 Å². The van der Waals surface area contributed by atoms with Gasteiger partial charge >= 0.3 is 0 Å². The Morgan fingerprint density at radius 2 is 2.06 bits per heavy atom. The molecule has 0 saturated carbocycles. The van der Waals surface area contributed by atoms with E-state index in [-0.39, 0.29) is 0 Å². The predicted octanol–water partition coefficient (Wildman–Crippen LogP) is 4.06. The maximum atomic E-state index is 4.43. The Morgan fingerprint density at radius 3 is 2.76 bits per heavy atom. The fourth-order valence-corrected chi connectivity index (χ4v) is 2.12. The van der Waals surface area contributed by atoms with Gasteiger partial charge in [-0.3, -0.25) is 4.98 Å². The number of rotatable bonds is 4. The third kappa shape index (κ3) is 2.80. The van der Waals surface area contributed by atoms with E-state index in [0.717, 1.165) is 28.8 Å². The number of hydrogen-bond donors (Lipinski definition) is 2. The molecule has 1 aromatic carbocycles. The van der Waals surface area contributed by atoms with Gasteiger partial charge in [-0.05, 0) is 12.0 Å². The van der Waals surface area contributed by atoms with Gasteiger partial charge in [-0.15, -0.1) is 0 Å². The largest absolute Gasteiger partial charge is 0.383 e. The third-order valence-electron chi connectivity index (χ3n) is 2.56. The highest BCUT2D eigenvalue weighted by atomic mass is 127. The number of benzene rings is 1. The zero-order valence-electron chi connectivity index (χ0n) is 10.00. The molecule has 0 aliphatic heterocycles. The normalized spacial score (nSPS) is 10.8. The molecule has 0 spiro atoms. The van der Waals surface area contributed by atoms with Gasteiger partial charge < -0.3 is 8.85 Å². The second kappa shape index (κ2) is 5.53. The van der Waals surface area contributed by atoms with E-state index in [9.17, 15) is 0 Å². The molecule has 0 unspecified atom stereocenters. The zero-order valence-corrected chi connectivity index (χ0v) is 12.2. The number of nitrogens with zero attached hydrogens (tertiary/aromatic N) is 1. The first-order valence-electron chi connectivity index (χ1n) is 5.70. The molecule has 0 amide bonds. The van der Waals surface area contributed by atoms with Crippen LogP contribution in [0.15, 0.2) is 30.5 Å². The average Bonchev–Trinajstić information content (AvgIpc) is 2.35. The highest BCUT2D eigenvalue weighted by Crippen LogP contribution is 2.30. The first-order valence-corrected chi connectivity index (χ1v) is 6.78. The molecule has 1 heterocycles. The molecule has 2 N–H and O–H groups in total. The van der Waals surface area contributed by atoms with Gasteiger partial charge in [0.15, 0.2) is 0 Å². The van der Waals surface area contributed by atoms with Gasteiger partial charge in [-0.1, -0.05) is 32.0 Å². The topological polar surface area (TPSA) is 37.0 Å². The highest BCUT2D eigenvalue weighted by molar-refractivity contribution is 14.1. The van der Waals surface area contributed by atoms with Crippen molar-refractivity contribution in [2.24, 2.45) is 5.92 Å². The van der Waals surface area contributed by atoms with Crippen molar-refractivity contribution in [3.8, 4) is 0 Å². The Labute approximate surface area is 116 Å². The second-order valence-electron chi connectivity index (χ2n) is 4.43. The predicted molar refractivity (Wildman–Crippen MR) is 82.7 cm³/mol. The van der Waals surface area contributed by atoms with Crippen LogP contribution in [-0.2, 0) is 0 Å². The van der Waals surface area contributed by atoms with E-state index < -0.39 is 0 Å². The lowest BCUT2D eigenvalue weighted by Crippen LogP contribution is -2.09. The number of nitrogens with one attached hydrogen (secondary N) is 2. The summed E-state index contributed by atoms with van der Waals surface area (Å²) in [4.78, 5) is 4.43. The standard InChI is InChI=1S/C13H16IN3/c1-9(2)7-16-13-10-5-3-4-6-11(10)15-8-12(13)17-14/h3-6,8-9,17H,7H2,1-2H3,(H,15,16). The van der Waals surface area contributed by atoms with Crippen LogP contribution in [0.4, 0.5) is 11.4 Å². The number of halogens is 1. The molecular formula is C13H16IN3. The fraction of sp³-hybridized carbons (Fsp3) is 0.308. The molecule has 90 valence electrons. The number of hydrogen-bond acceptors (Lipinski definition) is 3. The molecule has 0 atom stereocenters. The minimum Gasteiger partial charge on any atom is -0.383 e. The lowest BCUT2D eigenvalue weighted by atomic mass is 10.1. The van der Waals surface area contributed by atoms with Gasteiger partial charge in [0, 0.05) is 11.9 Å². The van der Waals surface area contributed by atoms with Crippen molar-refractivity contribution >= 4 is 45.1 Å². The smallest absolute Gasteiger partial charge is 0.0855 e. The summed E-state index contributed by atoms with van der Waals surface area (Å²) < 4.78 is 3.16. The Kier molecular flexibility index (Phi) is 4.04. The molecular weight excluding hydrogens is 325 g/mol. The molecule has 2 aromatic rings. The summed E-state index contributed by atoms with van der Waals surface area (Å²) in [5.74, 6) is 0.615. The molecule has 0 aliphatic rings. The van der Waals surface area contributed by atoms with Crippen molar-refractivity contribution in [2.45, 2.75) is 13.8 Å². The maximum absolute atomic E-state index is 4.43. The number of pyridine rings is 1. The Balaban J connectivity index is 2.47. The SMILES string of the molecule is CC(C)CNc1c(NI)cnc2ccccc12. The van der Waals surface area contributed by atoms with Crippen LogP contribution in [0.2, 0.25) is 0 Å². The van der Waals surface area contributed by atoms with Crippen LogP contribution in [0, 0.1) is 5.92 Å². The van der Waals surface area contributed by atoms with Crippen LogP contribution in [0.1, 0.15) is 13.8 Å². The number of anilines is 2. The lowest BCUT2D eigenvalue weighted by Gasteiger charge is -2.15. The monoisotopic (exact) mass is 341 g/mol. The summed E-state index contributed by atoms with van der Waals surface area (Å²) in [6.07, 6.45) is 1.87. The fourth-order valence-electron chi connectivity index (χ4n) is 1.71. The second-order valence-corrected chi connectivity index (χ2v) is 4.97. The van der Waals surface area contributed by atoms with E-state index in [0.29, 0.717) is 5.92 Å². The van der Waals surface area contributed by atoms with E-state index in [1.807, 2.05) is 24.4 Å². The van der Waals surface area contributed by atoms with Gasteiger partial charge in [0.05, 0.1) is 46.0 Å². The molecule has 0 aliphatic carbocycles. The van der Waals surface area contributed by atoms with Gasteiger partial charge in [-0.2, -0.15) is 0 Å². The minimum absolute atomic E-state index is 0.615. The molecule has 0 saturated heterocycles. The molecule has 3 nitrogen and oxygen atoms in total. The highest BCUT2D eigenvalue weighted by Gasteiger charge is 2.07. The molecule has 0 fully saturated rings.